The van der Waals surface area contributed by atoms with Crippen LogP contribution in [0, 0.1) is 0 Å². The van der Waals surface area contributed by atoms with E-state index in [1.807, 2.05) is 36.4 Å². The smallest absolute Gasteiger partial charge is 0.163 e. The molecule has 1 aromatic heterocycles. The zero-order chi connectivity index (χ0) is 14.7. The molecule has 2 aromatic rings. The van der Waals surface area contributed by atoms with E-state index >= 15 is 0 Å². The maximum atomic E-state index is 6.20. The molecule has 1 fully saturated rings. The van der Waals surface area contributed by atoms with Crippen LogP contribution < -0.4 is 4.90 Å². The summed E-state index contributed by atoms with van der Waals surface area (Å²) in [5.41, 5.74) is 0.994. The minimum Gasteiger partial charge on any atom is -0.355 e. The lowest BCUT2D eigenvalue weighted by molar-refractivity contribution is 0.360. The van der Waals surface area contributed by atoms with Gasteiger partial charge in [0.25, 0.3) is 0 Å². The molecule has 1 saturated heterocycles. The number of anilines is 1. The van der Waals surface area contributed by atoms with Crippen LogP contribution in [0.2, 0.25) is 5.15 Å². The molecule has 1 aliphatic heterocycles. The Hall–Kier alpha value is -1.65. The summed E-state index contributed by atoms with van der Waals surface area (Å²) in [6.07, 6.45) is 1.14. The zero-order valence-electron chi connectivity index (χ0n) is 12.2. The Labute approximate surface area is 130 Å². The fourth-order valence-corrected chi connectivity index (χ4v) is 2.74. The van der Waals surface area contributed by atoms with E-state index in [0.29, 0.717) is 11.0 Å². The Morgan fingerprint density at radius 1 is 1.00 bits per heavy atom. The van der Waals surface area contributed by atoms with Crippen LogP contribution in [0.4, 0.5) is 5.82 Å². The van der Waals surface area contributed by atoms with E-state index in [4.69, 9.17) is 16.6 Å². The highest BCUT2D eigenvalue weighted by Crippen LogP contribution is 2.23. The third kappa shape index (κ3) is 3.52. The first-order chi connectivity index (χ1) is 10.2. The normalized spacial score (nSPS) is 16.8. The minimum atomic E-state index is 0.497. The molecule has 0 aliphatic carbocycles. The molecule has 0 amide bonds. The highest BCUT2D eigenvalue weighted by atomic mass is 35.5. The molecule has 0 N–H and O–H groups in total. The number of likely N-dealkylation sites (N-methyl/N-ethyl adjacent to an activating group) is 1. The van der Waals surface area contributed by atoms with Crippen molar-refractivity contribution in [1.82, 2.24) is 14.9 Å². The van der Waals surface area contributed by atoms with Crippen LogP contribution in [0.25, 0.3) is 11.4 Å². The summed E-state index contributed by atoms with van der Waals surface area (Å²) in [6.45, 7) is 4.15. The van der Waals surface area contributed by atoms with Gasteiger partial charge in [0.2, 0.25) is 0 Å². The van der Waals surface area contributed by atoms with Gasteiger partial charge in [-0.25, -0.2) is 9.97 Å². The molecule has 5 heteroatoms. The molecule has 2 heterocycles. The molecule has 0 saturated carbocycles. The van der Waals surface area contributed by atoms with Crippen LogP contribution in [-0.2, 0) is 0 Å². The molecule has 0 atom stereocenters. The van der Waals surface area contributed by atoms with Crippen molar-refractivity contribution in [2.75, 3.05) is 38.1 Å². The van der Waals surface area contributed by atoms with Gasteiger partial charge in [0.15, 0.2) is 5.82 Å². The molecule has 1 aromatic carbocycles. The lowest BCUT2D eigenvalue weighted by Gasteiger charge is -2.22. The van der Waals surface area contributed by atoms with Gasteiger partial charge in [-0.3, -0.25) is 0 Å². The summed E-state index contributed by atoms with van der Waals surface area (Å²) in [6, 6.07) is 11.8. The van der Waals surface area contributed by atoms with Crippen molar-refractivity contribution in [2.45, 2.75) is 6.42 Å². The zero-order valence-corrected chi connectivity index (χ0v) is 12.9. The third-order valence-corrected chi connectivity index (χ3v) is 3.95. The van der Waals surface area contributed by atoms with Crippen LogP contribution >= 0.6 is 11.6 Å². The van der Waals surface area contributed by atoms with Crippen LogP contribution in [0.1, 0.15) is 6.42 Å². The Morgan fingerprint density at radius 3 is 2.62 bits per heavy atom. The summed E-state index contributed by atoms with van der Waals surface area (Å²) >= 11 is 6.20. The average Bonchev–Trinajstić information content (AvgIpc) is 2.72. The van der Waals surface area contributed by atoms with Crippen molar-refractivity contribution >= 4 is 17.4 Å². The van der Waals surface area contributed by atoms with Crippen molar-refractivity contribution in [3.8, 4) is 11.4 Å². The number of hydrogen-bond acceptors (Lipinski definition) is 4. The lowest BCUT2D eigenvalue weighted by Crippen LogP contribution is -2.29. The van der Waals surface area contributed by atoms with E-state index in [9.17, 15) is 0 Å². The van der Waals surface area contributed by atoms with E-state index in [1.54, 1.807) is 0 Å². The van der Waals surface area contributed by atoms with E-state index < -0.39 is 0 Å². The summed E-state index contributed by atoms with van der Waals surface area (Å²) in [4.78, 5) is 13.7. The van der Waals surface area contributed by atoms with Crippen molar-refractivity contribution in [2.24, 2.45) is 0 Å². The predicted octanol–water partition coefficient (Wildman–Crippen LogP) is 2.94. The van der Waals surface area contributed by atoms with Crippen molar-refractivity contribution in [3.63, 3.8) is 0 Å². The van der Waals surface area contributed by atoms with Gasteiger partial charge in [0, 0.05) is 31.3 Å². The molecule has 0 spiro atoms. The van der Waals surface area contributed by atoms with Gasteiger partial charge in [-0.2, -0.15) is 0 Å². The van der Waals surface area contributed by atoms with E-state index in [2.05, 4.69) is 21.8 Å². The second kappa shape index (κ2) is 6.41. The largest absolute Gasteiger partial charge is 0.355 e. The SMILES string of the molecule is CN1CCCN(c2cc(Cl)nc(-c3ccccc3)n2)CC1. The van der Waals surface area contributed by atoms with Crippen molar-refractivity contribution < 1.29 is 0 Å². The van der Waals surface area contributed by atoms with Crippen LogP contribution in [0.15, 0.2) is 36.4 Å². The van der Waals surface area contributed by atoms with Crippen molar-refractivity contribution in [3.05, 3.63) is 41.6 Å². The maximum absolute atomic E-state index is 6.20. The molecule has 4 nitrogen and oxygen atoms in total. The van der Waals surface area contributed by atoms with Gasteiger partial charge in [-0.15, -0.1) is 0 Å². The Bertz CT molecular complexity index is 602. The predicted molar refractivity (Wildman–Crippen MR) is 86.8 cm³/mol. The first-order valence-electron chi connectivity index (χ1n) is 7.26. The summed E-state index contributed by atoms with van der Waals surface area (Å²) in [5, 5.41) is 0.497. The molecule has 21 heavy (non-hydrogen) atoms. The number of aromatic nitrogens is 2. The standard InChI is InChI=1S/C16H19ClN4/c1-20-8-5-9-21(11-10-20)15-12-14(17)18-16(19-15)13-6-3-2-4-7-13/h2-4,6-7,12H,5,8-11H2,1H3. The monoisotopic (exact) mass is 302 g/mol. The van der Waals surface area contributed by atoms with E-state index in [0.717, 1.165) is 44.0 Å². The molecular weight excluding hydrogens is 284 g/mol. The molecule has 0 radical (unpaired) electrons. The molecule has 3 rings (SSSR count). The maximum Gasteiger partial charge on any atom is 0.163 e. The fourth-order valence-electron chi connectivity index (χ4n) is 2.56. The molecule has 1 aliphatic rings. The number of halogens is 1. The second-order valence-corrected chi connectivity index (χ2v) is 5.77. The fraction of sp³-hybridized carbons (Fsp3) is 0.375. The van der Waals surface area contributed by atoms with Gasteiger partial charge in [-0.05, 0) is 20.0 Å². The number of benzene rings is 1. The summed E-state index contributed by atoms with van der Waals surface area (Å²) < 4.78 is 0. The highest BCUT2D eigenvalue weighted by molar-refractivity contribution is 6.29. The summed E-state index contributed by atoms with van der Waals surface area (Å²) in [5.74, 6) is 1.61. The first kappa shape index (κ1) is 14.3. The number of hydrogen-bond donors (Lipinski definition) is 0. The quantitative estimate of drug-likeness (QED) is 0.799. The van der Waals surface area contributed by atoms with Crippen LogP contribution in [-0.4, -0.2) is 48.1 Å². The Morgan fingerprint density at radius 2 is 1.81 bits per heavy atom. The highest BCUT2D eigenvalue weighted by Gasteiger charge is 2.15. The summed E-state index contributed by atoms with van der Waals surface area (Å²) in [7, 11) is 2.16. The third-order valence-electron chi connectivity index (χ3n) is 3.76. The second-order valence-electron chi connectivity index (χ2n) is 5.38. The lowest BCUT2D eigenvalue weighted by atomic mass is 10.2. The Kier molecular flexibility index (Phi) is 4.36. The molecule has 0 bridgehead atoms. The van der Waals surface area contributed by atoms with Crippen molar-refractivity contribution in [1.29, 1.82) is 0 Å². The van der Waals surface area contributed by atoms with Gasteiger partial charge >= 0.3 is 0 Å². The Balaban J connectivity index is 1.91. The van der Waals surface area contributed by atoms with E-state index in [1.165, 1.54) is 0 Å². The number of rotatable bonds is 2. The van der Waals surface area contributed by atoms with E-state index in [-0.39, 0.29) is 0 Å². The van der Waals surface area contributed by atoms with Gasteiger partial charge < -0.3 is 9.80 Å². The molecule has 110 valence electrons. The van der Waals surface area contributed by atoms with Gasteiger partial charge in [0.05, 0.1) is 0 Å². The van der Waals surface area contributed by atoms with Gasteiger partial charge in [-0.1, -0.05) is 41.9 Å². The average molecular weight is 303 g/mol. The topological polar surface area (TPSA) is 32.3 Å². The number of nitrogens with zero attached hydrogens (tertiary/aromatic N) is 4. The molecule has 0 unspecified atom stereocenters. The molecular formula is C16H19ClN4. The minimum absolute atomic E-state index is 0.497. The van der Waals surface area contributed by atoms with Crippen LogP contribution in [0.5, 0.6) is 0 Å². The van der Waals surface area contributed by atoms with Crippen LogP contribution in [0.3, 0.4) is 0 Å². The first-order valence-corrected chi connectivity index (χ1v) is 7.64. The van der Waals surface area contributed by atoms with Gasteiger partial charge in [0.1, 0.15) is 11.0 Å².